The SMILES string of the molecule is CCN1CCCC1CNC(=O)C1CCCN(c2ncnc3nc[nH]c23)C1. The molecule has 8 nitrogen and oxygen atoms in total. The van der Waals surface area contributed by atoms with Crippen LogP contribution in [0, 0.1) is 5.92 Å². The predicted molar refractivity (Wildman–Crippen MR) is 99.9 cm³/mol. The van der Waals surface area contributed by atoms with Crippen LogP contribution in [0.15, 0.2) is 12.7 Å². The molecule has 2 aliphatic heterocycles. The van der Waals surface area contributed by atoms with E-state index in [-0.39, 0.29) is 11.8 Å². The van der Waals surface area contributed by atoms with Gasteiger partial charge in [-0.15, -0.1) is 0 Å². The van der Waals surface area contributed by atoms with Gasteiger partial charge >= 0.3 is 0 Å². The number of amides is 1. The average Bonchev–Trinajstić information content (AvgIpc) is 3.34. The smallest absolute Gasteiger partial charge is 0.224 e. The molecule has 2 saturated heterocycles. The zero-order valence-electron chi connectivity index (χ0n) is 15.3. The second-order valence-corrected chi connectivity index (χ2v) is 7.25. The van der Waals surface area contributed by atoms with E-state index >= 15 is 0 Å². The van der Waals surface area contributed by atoms with Crippen LogP contribution in [-0.4, -0.2) is 69.5 Å². The molecule has 0 radical (unpaired) electrons. The van der Waals surface area contributed by atoms with Crippen molar-refractivity contribution in [3.05, 3.63) is 12.7 Å². The standard InChI is InChI=1S/C18H27N7O/c1-2-24-7-4-6-14(24)9-19-18(26)13-5-3-8-25(10-13)17-15-16(21-11-20-15)22-12-23-17/h11-14H,2-10H2,1H3,(H,19,26)(H,20,21,22,23). The molecule has 4 rings (SSSR count). The highest BCUT2D eigenvalue weighted by Crippen LogP contribution is 2.26. The maximum absolute atomic E-state index is 12.7. The van der Waals surface area contributed by atoms with Crippen molar-refractivity contribution in [3.63, 3.8) is 0 Å². The topological polar surface area (TPSA) is 90.0 Å². The number of hydrogen-bond donors (Lipinski definition) is 2. The maximum atomic E-state index is 12.7. The van der Waals surface area contributed by atoms with E-state index in [1.165, 1.54) is 12.8 Å². The van der Waals surface area contributed by atoms with E-state index in [0.29, 0.717) is 18.2 Å². The highest BCUT2D eigenvalue weighted by molar-refractivity contribution is 5.84. The normalized spacial score (nSPS) is 24.3. The molecule has 2 N–H and O–H groups in total. The summed E-state index contributed by atoms with van der Waals surface area (Å²) in [5.74, 6) is 1.03. The Morgan fingerprint density at radius 1 is 1.27 bits per heavy atom. The Hall–Kier alpha value is -2.22. The Balaban J connectivity index is 1.39. The lowest BCUT2D eigenvalue weighted by Gasteiger charge is -2.33. The van der Waals surface area contributed by atoms with Gasteiger partial charge in [-0.3, -0.25) is 9.69 Å². The number of nitrogens with zero attached hydrogens (tertiary/aromatic N) is 5. The van der Waals surface area contributed by atoms with E-state index in [1.807, 2.05) is 0 Å². The molecule has 0 aliphatic carbocycles. The van der Waals surface area contributed by atoms with E-state index < -0.39 is 0 Å². The number of anilines is 1. The minimum absolute atomic E-state index is 0.00756. The fourth-order valence-electron chi connectivity index (χ4n) is 4.28. The second kappa shape index (κ2) is 7.57. The summed E-state index contributed by atoms with van der Waals surface area (Å²) in [5.41, 5.74) is 1.51. The predicted octanol–water partition coefficient (Wildman–Crippen LogP) is 1.17. The average molecular weight is 357 g/mol. The number of aromatic amines is 1. The first-order chi connectivity index (χ1) is 12.8. The largest absolute Gasteiger partial charge is 0.354 e. The molecular weight excluding hydrogens is 330 g/mol. The minimum Gasteiger partial charge on any atom is -0.354 e. The fourth-order valence-corrected chi connectivity index (χ4v) is 4.28. The summed E-state index contributed by atoms with van der Waals surface area (Å²) in [7, 11) is 0. The summed E-state index contributed by atoms with van der Waals surface area (Å²) in [6, 6.07) is 0.495. The van der Waals surface area contributed by atoms with Gasteiger partial charge in [-0.2, -0.15) is 0 Å². The molecule has 2 aromatic heterocycles. The number of rotatable bonds is 5. The highest BCUT2D eigenvalue weighted by Gasteiger charge is 2.29. The molecule has 0 bridgehead atoms. The molecule has 1 amide bonds. The summed E-state index contributed by atoms with van der Waals surface area (Å²) >= 11 is 0. The fraction of sp³-hybridized carbons (Fsp3) is 0.667. The van der Waals surface area contributed by atoms with Gasteiger partial charge in [-0.05, 0) is 38.8 Å². The number of nitrogens with one attached hydrogen (secondary N) is 2. The van der Waals surface area contributed by atoms with E-state index in [9.17, 15) is 4.79 Å². The molecule has 2 aromatic rings. The number of carbonyl (C=O) groups excluding carboxylic acids is 1. The lowest BCUT2D eigenvalue weighted by atomic mass is 9.97. The van der Waals surface area contributed by atoms with Gasteiger partial charge in [-0.1, -0.05) is 6.92 Å². The first-order valence-corrected chi connectivity index (χ1v) is 9.67. The number of aromatic nitrogens is 4. The van der Waals surface area contributed by atoms with Crippen molar-refractivity contribution in [2.24, 2.45) is 5.92 Å². The van der Waals surface area contributed by atoms with Crippen LogP contribution in [0.2, 0.25) is 0 Å². The highest BCUT2D eigenvalue weighted by atomic mass is 16.1. The van der Waals surface area contributed by atoms with Crippen molar-refractivity contribution >= 4 is 22.9 Å². The molecule has 2 atom stereocenters. The van der Waals surface area contributed by atoms with Crippen LogP contribution in [0.25, 0.3) is 11.2 Å². The summed E-state index contributed by atoms with van der Waals surface area (Å²) < 4.78 is 0. The Morgan fingerprint density at radius 2 is 2.15 bits per heavy atom. The number of likely N-dealkylation sites (N-methyl/N-ethyl adjacent to an activating group) is 1. The Morgan fingerprint density at radius 3 is 3.04 bits per heavy atom. The van der Waals surface area contributed by atoms with Crippen LogP contribution >= 0.6 is 0 Å². The summed E-state index contributed by atoms with van der Waals surface area (Å²) in [5, 5.41) is 3.20. The lowest BCUT2D eigenvalue weighted by Crippen LogP contribution is -2.46. The number of imidazole rings is 1. The lowest BCUT2D eigenvalue weighted by molar-refractivity contribution is -0.125. The first-order valence-electron chi connectivity index (χ1n) is 9.67. The molecular formula is C18H27N7O. The van der Waals surface area contributed by atoms with Crippen LogP contribution in [-0.2, 0) is 4.79 Å². The molecule has 2 unspecified atom stereocenters. The first kappa shape index (κ1) is 17.2. The number of hydrogen-bond acceptors (Lipinski definition) is 6. The Bertz CT molecular complexity index is 761. The van der Waals surface area contributed by atoms with E-state index in [1.54, 1.807) is 12.7 Å². The number of carbonyl (C=O) groups is 1. The van der Waals surface area contributed by atoms with Gasteiger partial charge in [0.05, 0.1) is 12.2 Å². The molecule has 0 saturated carbocycles. The van der Waals surface area contributed by atoms with E-state index in [0.717, 1.165) is 50.4 Å². The third kappa shape index (κ3) is 3.38. The van der Waals surface area contributed by atoms with Gasteiger partial charge in [0.2, 0.25) is 5.91 Å². The minimum atomic E-state index is 0.00756. The maximum Gasteiger partial charge on any atom is 0.224 e. The van der Waals surface area contributed by atoms with E-state index in [4.69, 9.17) is 0 Å². The third-order valence-electron chi connectivity index (χ3n) is 5.71. The van der Waals surface area contributed by atoms with Gasteiger partial charge in [0.25, 0.3) is 0 Å². The summed E-state index contributed by atoms with van der Waals surface area (Å²) in [6.45, 7) is 6.77. The molecule has 140 valence electrons. The van der Waals surface area contributed by atoms with Crippen LogP contribution in [0.3, 0.4) is 0 Å². The second-order valence-electron chi connectivity index (χ2n) is 7.25. The van der Waals surface area contributed by atoms with Gasteiger partial charge in [0.1, 0.15) is 11.8 Å². The third-order valence-corrected chi connectivity index (χ3v) is 5.71. The zero-order chi connectivity index (χ0) is 17.9. The molecule has 26 heavy (non-hydrogen) atoms. The molecule has 0 spiro atoms. The van der Waals surface area contributed by atoms with E-state index in [2.05, 4.69) is 42.0 Å². The monoisotopic (exact) mass is 357 g/mol. The molecule has 4 heterocycles. The van der Waals surface area contributed by atoms with Crippen molar-refractivity contribution in [1.29, 1.82) is 0 Å². The molecule has 8 heteroatoms. The van der Waals surface area contributed by atoms with Crippen LogP contribution in [0.5, 0.6) is 0 Å². The number of fused-ring (bicyclic) bond motifs is 1. The zero-order valence-corrected chi connectivity index (χ0v) is 15.3. The molecule has 2 fully saturated rings. The van der Waals surface area contributed by atoms with Crippen molar-refractivity contribution < 1.29 is 4.79 Å². The van der Waals surface area contributed by atoms with Gasteiger partial charge in [-0.25, -0.2) is 15.0 Å². The van der Waals surface area contributed by atoms with Crippen LogP contribution in [0.4, 0.5) is 5.82 Å². The van der Waals surface area contributed by atoms with Crippen molar-refractivity contribution in [2.75, 3.05) is 37.6 Å². The molecule has 2 aliphatic rings. The molecule has 0 aromatic carbocycles. The van der Waals surface area contributed by atoms with Crippen molar-refractivity contribution in [2.45, 2.75) is 38.6 Å². The summed E-state index contributed by atoms with van der Waals surface area (Å²) in [4.78, 5) is 33.3. The van der Waals surface area contributed by atoms with Gasteiger partial charge in [0.15, 0.2) is 11.5 Å². The number of likely N-dealkylation sites (tertiary alicyclic amines) is 1. The van der Waals surface area contributed by atoms with Crippen molar-refractivity contribution in [1.82, 2.24) is 30.2 Å². The Labute approximate surface area is 153 Å². The van der Waals surface area contributed by atoms with Gasteiger partial charge < -0.3 is 15.2 Å². The van der Waals surface area contributed by atoms with Crippen LogP contribution in [0.1, 0.15) is 32.6 Å². The Kier molecular flexibility index (Phi) is 5.01. The number of piperidine rings is 1. The summed E-state index contributed by atoms with van der Waals surface area (Å²) in [6.07, 6.45) is 7.52. The van der Waals surface area contributed by atoms with Crippen LogP contribution < -0.4 is 10.2 Å². The quantitative estimate of drug-likeness (QED) is 0.835. The van der Waals surface area contributed by atoms with Gasteiger partial charge in [0, 0.05) is 25.7 Å². The number of H-pyrrole nitrogens is 1. The van der Waals surface area contributed by atoms with Crippen molar-refractivity contribution in [3.8, 4) is 0 Å².